The van der Waals surface area contributed by atoms with Crippen molar-refractivity contribution in [3.63, 3.8) is 0 Å². The van der Waals surface area contributed by atoms with Crippen LogP contribution in [0.2, 0.25) is 0 Å². The van der Waals surface area contributed by atoms with Gasteiger partial charge >= 0.3 is 0 Å². The minimum absolute atomic E-state index is 0.00813. The van der Waals surface area contributed by atoms with Crippen LogP contribution in [0.3, 0.4) is 0 Å². The summed E-state index contributed by atoms with van der Waals surface area (Å²) in [5, 5.41) is 2.88. The molecule has 3 rings (SSSR count). The molecule has 1 atom stereocenters. The van der Waals surface area contributed by atoms with Gasteiger partial charge in [0.2, 0.25) is 0 Å². The standard InChI is InChI=1S/C21H27N3O3/c1-3-18-6-4-5-7-19(18)27-15-21(25)23-13-17-8-9-20(22-12-17)24-10-11-26-16(2)14-24/h4-9,12,16H,3,10-11,13-15H2,1-2H3,(H,23,25). The number of nitrogens with one attached hydrogen (secondary N) is 1. The second-order valence-electron chi connectivity index (χ2n) is 6.68. The fourth-order valence-electron chi connectivity index (χ4n) is 3.07. The number of rotatable bonds is 7. The maximum absolute atomic E-state index is 12.1. The van der Waals surface area contributed by atoms with E-state index < -0.39 is 0 Å². The van der Waals surface area contributed by atoms with E-state index in [4.69, 9.17) is 9.47 Å². The van der Waals surface area contributed by atoms with Crippen molar-refractivity contribution in [1.82, 2.24) is 10.3 Å². The van der Waals surface area contributed by atoms with Crippen molar-refractivity contribution in [2.24, 2.45) is 0 Å². The highest BCUT2D eigenvalue weighted by molar-refractivity contribution is 5.77. The molecule has 1 aliphatic heterocycles. The zero-order chi connectivity index (χ0) is 19.1. The van der Waals surface area contributed by atoms with Crippen molar-refractivity contribution in [2.45, 2.75) is 32.9 Å². The summed E-state index contributed by atoms with van der Waals surface area (Å²) in [5.41, 5.74) is 2.06. The van der Waals surface area contributed by atoms with Crippen LogP contribution in [0.5, 0.6) is 5.75 Å². The number of benzene rings is 1. The Bertz CT molecular complexity index is 749. The van der Waals surface area contributed by atoms with Crippen LogP contribution in [0.4, 0.5) is 5.82 Å². The van der Waals surface area contributed by atoms with Crippen molar-refractivity contribution in [3.8, 4) is 5.75 Å². The normalized spacial score (nSPS) is 16.8. The van der Waals surface area contributed by atoms with Gasteiger partial charge in [-0.15, -0.1) is 0 Å². The molecule has 0 aliphatic carbocycles. The number of hydrogen-bond acceptors (Lipinski definition) is 5. The van der Waals surface area contributed by atoms with Gasteiger partial charge in [-0.1, -0.05) is 31.2 Å². The van der Waals surface area contributed by atoms with Crippen molar-refractivity contribution < 1.29 is 14.3 Å². The number of aryl methyl sites for hydroxylation is 1. The lowest BCUT2D eigenvalue weighted by atomic mass is 10.1. The van der Waals surface area contributed by atoms with Gasteiger partial charge in [0.25, 0.3) is 5.91 Å². The largest absolute Gasteiger partial charge is 0.483 e. The molecule has 0 radical (unpaired) electrons. The number of para-hydroxylation sites is 1. The highest BCUT2D eigenvalue weighted by Crippen LogP contribution is 2.18. The van der Waals surface area contributed by atoms with Crippen LogP contribution in [0.1, 0.15) is 25.0 Å². The van der Waals surface area contributed by atoms with E-state index in [1.165, 1.54) is 0 Å². The molecule has 6 nitrogen and oxygen atoms in total. The average molecular weight is 369 g/mol. The molecule has 1 fully saturated rings. The van der Waals surface area contributed by atoms with Crippen LogP contribution in [-0.4, -0.2) is 43.3 Å². The number of carbonyl (C=O) groups is 1. The Labute approximate surface area is 160 Å². The van der Waals surface area contributed by atoms with Gasteiger partial charge < -0.3 is 19.7 Å². The molecular weight excluding hydrogens is 342 g/mol. The zero-order valence-corrected chi connectivity index (χ0v) is 16.0. The van der Waals surface area contributed by atoms with Crippen LogP contribution in [0.15, 0.2) is 42.6 Å². The molecule has 1 saturated heterocycles. The fourth-order valence-corrected chi connectivity index (χ4v) is 3.07. The molecule has 1 N–H and O–H groups in total. The number of amides is 1. The molecule has 1 amide bonds. The Morgan fingerprint density at radius 2 is 2.19 bits per heavy atom. The van der Waals surface area contributed by atoms with E-state index in [-0.39, 0.29) is 18.6 Å². The molecule has 0 bridgehead atoms. The monoisotopic (exact) mass is 369 g/mol. The molecular formula is C21H27N3O3. The third kappa shape index (κ3) is 5.44. The zero-order valence-electron chi connectivity index (χ0n) is 16.0. The second-order valence-corrected chi connectivity index (χ2v) is 6.68. The SMILES string of the molecule is CCc1ccccc1OCC(=O)NCc1ccc(N2CCOC(C)C2)nc1. The summed E-state index contributed by atoms with van der Waals surface area (Å²) in [7, 11) is 0. The maximum Gasteiger partial charge on any atom is 0.258 e. The Balaban J connectivity index is 1.46. The Morgan fingerprint density at radius 1 is 1.33 bits per heavy atom. The molecule has 2 heterocycles. The van der Waals surface area contributed by atoms with Crippen LogP contribution in [-0.2, 0) is 22.5 Å². The first-order valence-corrected chi connectivity index (χ1v) is 9.44. The van der Waals surface area contributed by atoms with E-state index in [0.717, 1.165) is 48.8 Å². The van der Waals surface area contributed by atoms with Crippen molar-refractivity contribution >= 4 is 11.7 Å². The van der Waals surface area contributed by atoms with E-state index in [2.05, 4.69) is 29.0 Å². The van der Waals surface area contributed by atoms with Gasteiger partial charge in [0.15, 0.2) is 6.61 Å². The summed E-state index contributed by atoms with van der Waals surface area (Å²) in [5.74, 6) is 1.56. The van der Waals surface area contributed by atoms with Gasteiger partial charge in [0.05, 0.1) is 12.7 Å². The van der Waals surface area contributed by atoms with E-state index >= 15 is 0 Å². The van der Waals surface area contributed by atoms with Crippen molar-refractivity contribution in [3.05, 3.63) is 53.7 Å². The lowest BCUT2D eigenvalue weighted by Crippen LogP contribution is -2.41. The maximum atomic E-state index is 12.1. The molecule has 0 spiro atoms. The second kappa shape index (κ2) is 9.37. The van der Waals surface area contributed by atoms with Crippen molar-refractivity contribution in [1.29, 1.82) is 0 Å². The number of pyridine rings is 1. The van der Waals surface area contributed by atoms with E-state index in [1.807, 2.05) is 42.6 Å². The van der Waals surface area contributed by atoms with Gasteiger partial charge in [0, 0.05) is 25.8 Å². The topological polar surface area (TPSA) is 63.7 Å². The average Bonchev–Trinajstić information content (AvgIpc) is 2.71. The Morgan fingerprint density at radius 3 is 2.93 bits per heavy atom. The van der Waals surface area contributed by atoms with Gasteiger partial charge in [-0.3, -0.25) is 4.79 Å². The van der Waals surface area contributed by atoms with Crippen molar-refractivity contribution in [2.75, 3.05) is 31.2 Å². The summed E-state index contributed by atoms with van der Waals surface area (Å²) in [6.07, 6.45) is 2.90. The number of carbonyl (C=O) groups excluding carboxylic acids is 1. The van der Waals surface area contributed by atoms with Crippen LogP contribution in [0.25, 0.3) is 0 Å². The lowest BCUT2D eigenvalue weighted by Gasteiger charge is -2.32. The third-order valence-electron chi connectivity index (χ3n) is 4.58. The highest BCUT2D eigenvalue weighted by atomic mass is 16.5. The van der Waals surface area contributed by atoms with Gasteiger partial charge in [-0.25, -0.2) is 4.98 Å². The van der Waals surface area contributed by atoms with Crippen LogP contribution < -0.4 is 15.0 Å². The summed E-state index contributed by atoms with van der Waals surface area (Å²) < 4.78 is 11.2. The van der Waals surface area contributed by atoms with Gasteiger partial charge in [-0.05, 0) is 36.6 Å². The third-order valence-corrected chi connectivity index (χ3v) is 4.58. The highest BCUT2D eigenvalue weighted by Gasteiger charge is 2.17. The van der Waals surface area contributed by atoms with E-state index in [0.29, 0.717) is 6.54 Å². The number of morpholine rings is 1. The molecule has 27 heavy (non-hydrogen) atoms. The summed E-state index contributed by atoms with van der Waals surface area (Å²) >= 11 is 0. The molecule has 6 heteroatoms. The molecule has 1 unspecified atom stereocenters. The summed E-state index contributed by atoms with van der Waals surface area (Å²) in [6.45, 7) is 7.00. The first-order chi connectivity index (χ1) is 13.2. The van der Waals surface area contributed by atoms with Gasteiger partial charge in [0.1, 0.15) is 11.6 Å². The molecule has 1 aromatic carbocycles. The minimum atomic E-state index is -0.146. The fraction of sp³-hybridized carbons (Fsp3) is 0.429. The number of anilines is 1. The molecule has 2 aromatic rings. The van der Waals surface area contributed by atoms with Crippen LogP contribution in [0, 0.1) is 0 Å². The smallest absolute Gasteiger partial charge is 0.258 e. The first-order valence-electron chi connectivity index (χ1n) is 9.44. The molecule has 0 saturated carbocycles. The van der Waals surface area contributed by atoms with Crippen LogP contribution >= 0.6 is 0 Å². The predicted octanol–water partition coefficient (Wildman–Crippen LogP) is 2.56. The first kappa shape index (κ1) is 19.2. The predicted molar refractivity (Wildman–Crippen MR) is 105 cm³/mol. The Hall–Kier alpha value is -2.60. The minimum Gasteiger partial charge on any atom is -0.483 e. The van der Waals surface area contributed by atoms with E-state index in [1.54, 1.807) is 0 Å². The molecule has 1 aromatic heterocycles. The number of ether oxygens (including phenoxy) is 2. The summed E-state index contributed by atoms with van der Waals surface area (Å²) in [6, 6.07) is 11.8. The lowest BCUT2D eigenvalue weighted by molar-refractivity contribution is -0.123. The number of aromatic nitrogens is 1. The molecule has 144 valence electrons. The number of nitrogens with zero attached hydrogens (tertiary/aromatic N) is 2. The molecule has 1 aliphatic rings. The van der Waals surface area contributed by atoms with Gasteiger partial charge in [-0.2, -0.15) is 0 Å². The van der Waals surface area contributed by atoms with E-state index in [9.17, 15) is 4.79 Å². The summed E-state index contributed by atoms with van der Waals surface area (Å²) in [4.78, 5) is 18.8. The Kier molecular flexibility index (Phi) is 6.65. The quantitative estimate of drug-likeness (QED) is 0.813. The number of hydrogen-bond donors (Lipinski definition) is 1.